The summed E-state index contributed by atoms with van der Waals surface area (Å²) < 4.78 is 0. The summed E-state index contributed by atoms with van der Waals surface area (Å²) in [4.78, 5) is 9.76. The van der Waals surface area contributed by atoms with E-state index in [0.717, 1.165) is 0 Å². The minimum atomic E-state index is 0. The van der Waals surface area contributed by atoms with Crippen LogP contribution in [0.4, 0.5) is 0 Å². The van der Waals surface area contributed by atoms with Gasteiger partial charge >= 0.3 is 0 Å². The zero-order valence-corrected chi connectivity index (χ0v) is 3.49. The van der Waals surface area contributed by atoms with E-state index in [0.29, 0.717) is 0 Å². The number of hydrogen-bond donors (Lipinski definition) is 0. The van der Waals surface area contributed by atoms with E-state index in [1.54, 1.807) is 6.82 Å². The lowest BCUT2D eigenvalue weighted by Crippen LogP contribution is -1.94. The highest BCUT2D eigenvalue weighted by atomic mass is 16.1. The zero-order chi connectivity index (χ0) is 4.28. The minimum absolute atomic E-state index is 0. The van der Waals surface area contributed by atoms with Crippen molar-refractivity contribution in [3.63, 3.8) is 0 Å². The van der Waals surface area contributed by atoms with Gasteiger partial charge in [0.05, 0.1) is 5.68 Å². The van der Waals surface area contributed by atoms with Gasteiger partial charge in [-0.3, -0.25) is 0 Å². The molecule has 0 aliphatic carbocycles. The van der Waals surface area contributed by atoms with E-state index in [9.17, 15) is 4.79 Å². The van der Waals surface area contributed by atoms with Gasteiger partial charge in [0, 0.05) is 0 Å². The molecule has 7 heavy (non-hydrogen) atoms. The van der Waals surface area contributed by atoms with E-state index in [2.05, 4.69) is 0 Å². The molecule has 0 atom stereocenters. The summed E-state index contributed by atoms with van der Waals surface area (Å²) in [7, 11) is 1.53. The summed E-state index contributed by atoms with van der Waals surface area (Å²) in [5.41, 5.74) is 0.130. The molecule has 0 aliphatic rings. The first-order valence-electron chi connectivity index (χ1n) is 1.57. The highest BCUT2D eigenvalue weighted by molar-refractivity contribution is 6.72. The SMILES string of the molecule is C.C.C[B]C(C)=O. The van der Waals surface area contributed by atoms with Crippen molar-refractivity contribution >= 4 is 13.0 Å². The molecule has 0 amide bonds. The quantitative estimate of drug-likeness (QED) is 0.458. The van der Waals surface area contributed by atoms with Gasteiger partial charge in [-0.1, -0.05) is 21.7 Å². The molecule has 43 valence electrons. The first kappa shape index (κ1) is 15.9. The van der Waals surface area contributed by atoms with Gasteiger partial charge in [-0.05, 0) is 6.92 Å². The van der Waals surface area contributed by atoms with Crippen LogP contribution in [0.5, 0.6) is 0 Å². The lowest BCUT2D eigenvalue weighted by molar-refractivity contribution is -0.110. The van der Waals surface area contributed by atoms with Crippen LogP contribution in [0.15, 0.2) is 0 Å². The second-order valence-corrected chi connectivity index (χ2v) is 0.899. The van der Waals surface area contributed by atoms with E-state index < -0.39 is 0 Å². The Morgan fingerprint density at radius 1 is 1.43 bits per heavy atom. The smallest absolute Gasteiger partial charge is 0.198 e. The molecule has 0 bridgehead atoms. The van der Waals surface area contributed by atoms with Gasteiger partial charge in [0.2, 0.25) is 0 Å². The normalized spacial score (nSPS) is 4.86. The molecular formula is C5H14BO. The van der Waals surface area contributed by atoms with Gasteiger partial charge in [-0.15, -0.1) is 0 Å². The van der Waals surface area contributed by atoms with Crippen molar-refractivity contribution in [2.24, 2.45) is 0 Å². The van der Waals surface area contributed by atoms with Gasteiger partial charge in [-0.25, -0.2) is 0 Å². The molecule has 0 saturated heterocycles. The van der Waals surface area contributed by atoms with E-state index in [1.807, 2.05) is 0 Å². The van der Waals surface area contributed by atoms with Gasteiger partial charge in [0.15, 0.2) is 7.28 Å². The highest BCUT2D eigenvalue weighted by Gasteiger charge is 1.80. The minimum Gasteiger partial charge on any atom is -0.312 e. The summed E-state index contributed by atoms with van der Waals surface area (Å²) in [6, 6.07) is 0. The summed E-state index contributed by atoms with van der Waals surface area (Å²) in [5.74, 6) is 0. The third-order valence-corrected chi connectivity index (χ3v) is 0.407. The molecule has 1 radical (unpaired) electrons. The average molecular weight is 101 g/mol. The van der Waals surface area contributed by atoms with Crippen LogP contribution >= 0.6 is 0 Å². The maximum absolute atomic E-state index is 9.76. The first-order valence-corrected chi connectivity index (χ1v) is 1.57. The Labute approximate surface area is 47.4 Å². The molecule has 0 spiro atoms. The zero-order valence-electron chi connectivity index (χ0n) is 3.49. The van der Waals surface area contributed by atoms with Crippen LogP contribution in [0.2, 0.25) is 6.82 Å². The molecule has 0 N–H and O–H groups in total. The topological polar surface area (TPSA) is 17.1 Å². The Balaban J connectivity index is -0.0000000800. The Kier molecular flexibility index (Phi) is 20.9. The van der Waals surface area contributed by atoms with Crippen LogP contribution in [0.25, 0.3) is 0 Å². The predicted octanol–water partition coefficient (Wildman–Crippen LogP) is 1.56. The Morgan fingerprint density at radius 3 is 1.57 bits per heavy atom. The summed E-state index contributed by atoms with van der Waals surface area (Å²) in [6.45, 7) is 3.25. The van der Waals surface area contributed by atoms with Gasteiger partial charge in [-0.2, -0.15) is 0 Å². The Bertz CT molecular complexity index is 43.3. The average Bonchev–Trinajstić information content (AvgIpc) is 1.38. The summed E-state index contributed by atoms with van der Waals surface area (Å²) in [5, 5.41) is 0. The standard InChI is InChI=1S/C3H6BO.2CH4/c1-3(5)4-2;;/h1-2H3;2*1H4. The van der Waals surface area contributed by atoms with Crippen LogP contribution in [-0.2, 0) is 4.79 Å². The summed E-state index contributed by atoms with van der Waals surface area (Å²) in [6.07, 6.45) is 0. The summed E-state index contributed by atoms with van der Waals surface area (Å²) >= 11 is 0. The fourth-order valence-electron chi connectivity index (χ4n) is 0. The number of rotatable bonds is 1. The van der Waals surface area contributed by atoms with Crippen molar-refractivity contribution in [2.75, 3.05) is 0 Å². The van der Waals surface area contributed by atoms with Crippen molar-refractivity contribution in [1.29, 1.82) is 0 Å². The van der Waals surface area contributed by atoms with Crippen molar-refractivity contribution < 1.29 is 4.79 Å². The number of carbonyl (C=O) groups is 1. The predicted molar refractivity (Wildman–Crippen MR) is 35.8 cm³/mol. The molecule has 0 fully saturated rings. The molecule has 2 heteroatoms. The lowest BCUT2D eigenvalue weighted by Gasteiger charge is -1.68. The van der Waals surface area contributed by atoms with Crippen LogP contribution < -0.4 is 0 Å². The van der Waals surface area contributed by atoms with Crippen LogP contribution in [0.1, 0.15) is 21.8 Å². The van der Waals surface area contributed by atoms with E-state index >= 15 is 0 Å². The van der Waals surface area contributed by atoms with Gasteiger partial charge in [0.25, 0.3) is 0 Å². The second-order valence-electron chi connectivity index (χ2n) is 0.899. The van der Waals surface area contributed by atoms with Crippen molar-refractivity contribution in [2.45, 2.75) is 28.6 Å². The maximum atomic E-state index is 9.76. The lowest BCUT2D eigenvalue weighted by atomic mass is 9.78. The van der Waals surface area contributed by atoms with E-state index in [1.165, 1.54) is 14.2 Å². The molecule has 0 aromatic heterocycles. The largest absolute Gasteiger partial charge is 0.312 e. The van der Waals surface area contributed by atoms with Gasteiger partial charge in [0.1, 0.15) is 0 Å². The number of hydrogen-bond acceptors (Lipinski definition) is 1. The highest BCUT2D eigenvalue weighted by Crippen LogP contribution is 1.56. The van der Waals surface area contributed by atoms with E-state index in [-0.39, 0.29) is 20.5 Å². The fraction of sp³-hybridized carbons (Fsp3) is 0.800. The van der Waals surface area contributed by atoms with Gasteiger partial charge < -0.3 is 4.79 Å². The first-order chi connectivity index (χ1) is 2.27. The molecule has 1 nitrogen and oxygen atoms in total. The van der Waals surface area contributed by atoms with Crippen molar-refractivity contribution in [3.05, 3.63) is 0 Å². The maximum Gasteiger partial charge on any atom is 0.198 e. The molecule has 0 unspecified atom stereocenters. The molecular weight excluding hydrogens is 86.9 g/mol. The Morgan fingerprint density at radius 2 is 1.57 bits per heavy atom. The van der Waals surface area contributed by atoms with Crippen LogP contribution in [0.3, 0.4) is 0 Å². The fourth-order valence-corrected chi connectivity index (χ4v) is 0. The molecule has 0 saturated carbocycles. The second kappa shape index (κ2) is 9.22. The third-order valence-electron chi connectivity index (χ3n) is 0.407. The van der Waals surface area contributed by atoms with Crippen molar-refractivity contribution in [3.8, 4) is 0 Å². The Hall–Kier alpha value is -0.265. The van der Waals surface area contributed by atoms with Crippen LogP contribution in [-0.4, -0.2) is 13.0 Å². The monoisotopic (exact) mass is 101 g/mol. The molecule has 0 heterocycles. The molecule has 0 aromatic rings. The molecule has 0 aromatic carbocycles. The number of carbonyl (C=O) groups excluding carboxylic acids is 1. The molecule has 0 rings (SSSR count). The van der Waals surface area contributed by atoms with Crippen molar-refractivity contribution in [1.82, 2.24) is 0 Å². The third kappa shape index (κ3) is 26.6. The van der Waals surface area contributed by atoms with Crippen LogP contribution in [0, 0.1) is 0 Å². The van der Waals surface area contributed by atoms with E-state index in [4.69, 9.17) is 0 Å². The molecule has 0 aliphatic heterocycles.